The number of benzene rings is 1. The summed E-state index contributed by atoms with van der Waals surface area (Å²) in [6.45, 7) is 7.34. The number of aromatic nitrogens is 2. The van der Waals surface area contributed by atoms with Crippen molar-refractivity contribution in [2.24, 2.45) is 0 Å². The molecule has 108 valence electrons. The molecule has 1 unspecified atom stereocenters. The van der Waals surface area contributed by atoms with Crippen molar-refractivity contribution in [1.82, 2.24) is 14.7 Å². The van der Waals surface area contributed by atoms with Crippen LogP contribution in [0.15, 0.2) is 31.9 Å². The van der Waals surface area contributed by atoms with E-state index in [0.717, 1.165) is 27.6 Å². The summed E-state index contributed by atoms with van der Waals surface area (Å²) in [5.74, 6) is 0.925. The highest BCUT2D eigenvalue weighted by atomic mass is 79.9. The lowest BCUT2D eigenvalue weighted by molar-refractivity contribution is 0.595. The second-order valence-electron chi connectivity index (χ2n) is 4.39. The molecule has 0 aliphatic heterocycles. The van der Waals surface area contributed by atoms with Crippen LogP contribution in [0.1, 0.15) is 38.2 Å². The molecular weight excluding hydrogens is 354 g/mol. The molecule has 6 heteroatoms. The minimum atomic E-state index is 0.349. The van der Waals surface area contributed by atoms with Gasteiger partial charge >= 0.3 is 0 Å². The zero-order valence-corrected chi connectivity index (χ0v) is 15.0. The summed E-state index contributed by atoms with van der Waals surface area (Å²) in [4.78, 5) is 5.67. The molecule has 0 aliphatic carbocycles. The molecule has 1 heterocycles. The third-order valence-corrected chi connectivity index (χ3v) is 5.38. The van der Waals surface area contributed by atoms with E-state index >= 15 is 0 Å². The van der Waals surface area contributed by atoms with E-state index in [-0.39, 0.29) is 0 Å². The predicted molar refractivity (Wildman–Crippen MR) is 89.6 cm³/mol. The Morgan fingerprint density at radius 3 is 2.80 bits per heavy atom. The Labute approximate surface area is 136 Å². The van der Waals surface area contributed by atoms with E-state index in [1.807, 2.05) is 0 Å². The van der Waals surface area contributed by atoms with Crippen molar-refractivity contribution < 1.29 is 0 Å². The number of aryl methyl sites for hydroxylation is 1. The van der Waals surface area contributed by atoms with Gasteiger partial charge in [-0.3, -0.25) is 0 Å². The van der Waals surface area contributed by atoms with E-state index in [2.05, 4.69) is 69.6 Å². The van der Waals surface area contributed by atoms with Crippen molar-refractivity contribution in [2.75, 3.05) is 6.54 Å². The third kappa shape index (κ3) is 4.04. The second kappa shape index (κ2) is 7.54. The molecule has 0 saturated heterocycles. The van der Waals surface area contributed by atoms with Gasteiger partial charge in [-0.2, -0.15) is 4.37 Å². The third-order valence-electron chi connectivity index (χ3n) is 2.92. The zero-order valence-electron chi connectivity index (χ0n) is 11.8. The first-order chi connectivity index (χ1) is 9.63. The van der Waals surface area contributed by atoms with Crippen LogP contribution in [-0.2, 0) is 6.42 Å². The molecule has 0 aliphatic rings. The number of hydrogen-bond acceptors (Lipinski definition) is 5. The van der Waals surface area contributed by atoms with Crippen molar-refractivity contribution >= 4 is 39.2 Å². The van der Waals surface area contributed by atoms with Gasteiger partial charge in [0, 0.05) is 21.8 Å². The van der Waals surface area contributed by atoms with Crippen LogP contribution < -0.4 is 5.32 Å². The van der Waals surface area contributed by atoms with Crippen molar-refractivity contribution in [3.05, 3.63) is 34.1 Å². The first-order valence-corrected chi connectivity index (χ1v) is 9.05. The van der Waals surface area contributed by atoms with Crippen molar-refractivity contribution in [3.63, 3.8) is 0 Å². The first kappa shape index (κ1) is 15.9. The SMILES string of the molecule is CCNC(C)c1ccc(Sc2nc(CC)ns2)cc1Br. The number of halogens is 1. The molecule has 0 radical (unpaired) electrons. The van der Waals surface area contributed by atoms with Gasteiger partial charge in [0.25, 0.3) is 0 Å². The molecule has 1 aromatic carbocycles. The molecule has 1 aromatic heterocycles. The molecule has 1 atom stereocenters. The van der Waals surface area contributed by atoms with E-state index in [4.69, 9.17) is 0 Å². The molecule has 3 nitrogen and oxygen atoms in total. The van der Waals surface area contributed by atoms with Gasteiger partial charge in [-0.15, -0.1) is 0 Å². The van der Waals surface area contributed by atoms with Gasteiger partial charge in [-0.05, 0) is 42.7 Å². The summed E-state index contributed by atoms with van der Waals surface area (Å²) in [6.07, 6.45) is 0.889. The molecule has 20 heavy (non-hydrogen) atoms. The Hall–Kier alpha value is -0.430. The largest absolute Gasteiger partial charge is 0.310 e. The van der Waals surface area contributed by atoms with Crippen LogP contribution in [-0.4, -0.2) is 15.9 Å². The van der Waals surface area contributed by atoms with Crippen molar-refractivity contribution in [1.29, 1.82) is 0 Å². The summed E-state index contributed by atoms with van der Waals surface area (Å²) in [6, 6.07) is 6.82. The summed E-state index contributed by atoms with van der Waals surface area (Å²) in [5.41, 5.74) is 1.28. The molecule has 0 saturated carbocycles. The van der Waals surface area contributed by atoms with E-state index < -0.39 is 0 Å². The van der Waals surface area contributed by atoms with E-state index in [1.165, 1.54) is 22.0 Å². The van der Waals surface area contributed by atoms with Crippen LogP contribution in [0, 0.1) is 0 Å². The number of nitrogens with one attached hydrogen (secondary N) is 1. The van der Waals surface area contributed by atoms with E-state index in [9.17, 15) is 0 Å². The van der Waals surface area contributed by atoms with Gasteiger partial charge in [-0.25, -0.2) is 4.98 Å². The summed E-state index contributed by atoms with van der Waals surface area (Å²) < 4.78 is 6.45. The predicted octanol–water partition coefficient (Wildman–Crippen LogP) is 4.68. The van der Waals surface area contributed by atoms with E-state index in [0.29, 0.717) is 6.04 Å². The Balaban J connectivity index is 2.12. The Bertz CT molecular complexity index is 571. The van der Waals surface area contributed by atoms with Gasteiger partial charge in [0.1, 0.15) is 5.82 Å². The van der Waals surface area contributed by atoms with Gasteiger partial charge in [-0.1, -0.05) is 47.6 Å². The maximum absolute atomic E-state index is 4.48. The molecule has 0 fully saturated rings. The molecular formula is C14H18BrN3S2. The molecule has 0 amide bonds. The van der Waals surface area contributed by atoms with E-state index in [1.54, 1.807) is 11.8 Å². The average molecular weight is 372 g/mol. The zero-order chi connectivity index (χ0) is 14.5. The Morgan fingerprint density at radius 1 is 1.40 bits per heavy atom. The van der Waals surface area contributed by atoms with Gasteiger partial charge < -0.3 is 5.32 Å². The van der Waals surface area contributed by atoms with Crippen LogP contribution in [0.25, 0.3) is 0 Å². The molecule has 0 bridgehead atoms. The smallest absolute Gasteiger partial charge is 0.174 e. The number of rotatable bonds is 6. The van der Waals surface area contributed by atoms with Crippen LogP contribution in [0.4, 0.5) is 0 Å². The highest BCUT2D eigenvalue weighted by molar-refractivity contribution is 9.10. The molecule has 0 spiro atoms. The van der Waals surface area contributed by atoms with Gasteiger partial charge in [0.05, 0.1) is 0 Å². The maximum atomic E-state index is 4.48. The van der Waals surface area contributed by atoms with Crippen LogP contribution >= 0.6 is 39.2 Å². The summed E-state index contributed by atoms with van der Waals surface area (Å²) in [7, 11) is 0. The highest BCUT2D eigenvalue weighted by Gasteiger charge is 2.10. The fraction of sp³-hybridized carbons (Fsp3) is 0.429. The fourth-order valence-corrected chi connectivity index (χ4v) is 4.45. The van der Waals surface area contributed by atoms with Gasteiger partial charge in [0.2, 0.25) is 0 Å². The molecule has 2 rings (SSSR count). The lowest BCUT2D eigenvalue weighted by Gasteiger charge is -2.15. The lowest BCUT2D eigenvalue weighted by Crippen LogP contribution is -2.17. The fourth-order valence-electron chi connectivity index (χ4n) is 1.86. The monoisotopic (exact) mass is 371 g/mol. The lowest BCUT2D eigenvalue weighted by atomic mass is 10.1. The topological polar surface area (TPSA) is 37.8 Å². The second-order valence-corrected chi connectivity index (χ2v) is 7.32. The van der Waals surface area contributed by atoms with Crippen LogP contribution in [0.3, 0.4) is 0 Å². The maximum Gasteiger partial charge on any atom is 0.174 e. The summed E-state index contributed by atoms with van der Waals surface area (Å²) >= 11 is 6.80. The van der Waals surface area contributed by atoms with Crippen LogP contribution in [0.5, 0.6) is 0 Å². The van der Waals surface area contributed by atoms with Crippen molar-refractivity contribution in [2.45, 2.75) is 42.5 Å². The summed E-state index contributed by atoms with van der Waals surface area (Å²) in [5, 5.41) is 3.43. The minimum Gasteiger partial charge on any atom is -0.310 e. The van der Waals surface area contributed by atoms with Crippen LogP contribution in [0.2, 0.25) is 0 Å². The molecule has 1 N–H and O–H groups in total. The Kier molecular flexibility index (Phi) is 6.01. The standard InChI is InChI=1S/C14H18BrN3S2/c1-4-13-17-14(20-18-13)19-10-6-7-11(12(15)8-10)9(3)16-5-2/h6-9,16H,4-5H2,1-3H3. The Morgan fingerprint density at radius 2 is 2.20 bits per heavy atom. The number of nitrogens with zero attached hydrogens (tertiary/aromatic N) is 2. The normalized spacial score (nSPS) is 12.6. The minimum absolute atomic E-state index is 0.349. The van der Waals surface area contributed by atoms with Crippen molar-refractivity contribution in [3.8, 4) is 0 Å². The van der Waals surface area contributed by atoms with Gasteiger partial charge in [0.15, 0.2) is 4.34 Å². The highest BCUT2D eigenvalue weighted by Crippen LogP contribution is 2.33. The quantitative estimate of drug-likeness (QED) is 0.799. The molecule has 2 aromatic rings. The first-order valence-electron chi connectivity index (χ1n) is 6.67. The number of hydrogen-bond donors (Lipinski definition) is 1. The average Bonchev–Trinajstić information content (AvgIpc) is 2.86.